The van der Waals surface area contributed by atoms with Crippen molar-refractivity contribution < 1.29 is 42.7 Å². The molecule has 112 valence electrons. The number of hydrogen-bond acceptors (Lipinski definition) is 9. The molecule has 0 aromatic rings. The number of hydrogen-bond donors (Lipinski definition) is 6. The van der Waals surface area contributed by atoms with E-state index in [1.165, 1.54) is 0 Å². The molecule has 0 bridgehead atoms. The first-order valence-corrected chi connectivity index (χ1v) is 7.00. The van der Waals surface area contributed by atoms with Crippen LogP contribution < -0.4 is 0 Å². The SMILES string of the molecule is OCC(CO)(CO)CO.OP(O)OP(OCl)OCl. The van der Waals surface area contributed by atoms with E-state index in [2.05, 4.69) is 12.5 Å². The third-order valence-corrected chi connectivity index (χ3v) is 3.61. The molecule has 0 aliphatic carbocycles. The van der Waals surface area contributed by atoms with E-state index in [0.29, 0.717) is 0 Å². The van der Waals surface area contributed by atoms with Gasteiger partial charge in [0, 0.05) is 0 Å². The first kappa shape index (κ1) is 21.4. The average Bonchev–Trinajstić information content (AvgIpc) is 2.40. The maximum atomic E-state index is 8.50. The highest BCUT2D eigenvalue weighted by Crippen LogP contribution is 2.51. The number of aliphatic hydroxyl groups excluding tert-OH is 4. The Hall–Kier alpha value is 1.08. The van der Waals surface area contributed by atoms with Crippen LogP contribution in [-0.4, -0.2) is 56.6 Å². The third-order valence-electron chi connectivity index (χ3n) is 1.59. The van der Waals surface area contributed by atoms with E-state index in [1.807, 2.05) is 0 Å². The lowest BCUT2D eigenvalue weighted by molar-refractivity contribution is -0.0328. The minimum Gasteiger partial charge on any atom is -0.396 e. The van der Waals surface area contributed by atoms with Crippen molar-refractivity contribution in [2.45, 2.75) is 0 Å². The Labute approximate surface area is 116 Å². The third kappa shape index (κ3) is 9.94. The van der Waals surface area contributed by atoms with Gasteiger partial charge in [-0.3, -0.25) is 0 Å². The summed E-state index contributed by atoms with van der Waals surface area (Å²) in [5.41, 5.74) is -1.11. The molecule has 0 aromatic carbocycles. The Balaban J connectivity index is 0. The number of rotatable bonds is 8. The summed E-state index contributed by atoms with van der Waals surface area (Å²) in [6.45, 7) is -1.62. The van der Waals surface area contributed by atoms with Gasteiger partial charge in [0.2, 0.25) is 0 Å². The predicted molar refractivity (Wildman–Crippen MR) is 64.0 cm³/mol. The summed E-state index contributed by atoms with van der Waals surface area (Å²) in [5, 5.41) is 34.0. The molecule has 9 nitrogen and oxygen atoms in total. The van der Waals surface area contributed by atoms with Crippen molar-refractivity contribution in [2.75, 3.05) is 26.4 Å². The zero-order valence-corrected chi connectivity index (χ0v) is 12.2. The van der Waals surface area contributed by atoms with E-state index in [9.17, 15) is 0 Å². The molecule has 6 N–H and O–H groups in total. The molecule has 0 fully saturated rings. The Morgan fingerprint density at radius 1 is 0.833 bits per heavy atom. The number of halogens is 2. The second-order valence-electron chi connectivity index (χ2n) is 2.83. The van der Waals surface area contributed by atoms with Gasteiger partial charge in [-0.15, -0.1) is 0 Å². The van der Waals surface area contributed by atoms with Crippen LogP contribution in [0.1, 0.15) is 0 Å². The van der Waals surface area contributed by atoms with Crippen LogP contribution in [0, 0.1) is 5.41 Å². The number of aliphatic hydroxyl groups is 4. The summed E-state index contributed by atoms with van der Waals surface area (Å²) in [6, 6.07) is 0. The summed E-state index contributed by atoms with van der Waals surface area (Å²) < 4.78 is 11.8. The highest BCUT2D eigenvalue weighted by Gasteiger charge is 2.26. The first-order valence-electron chi connectivity index (χ1n) is 4.12. The van der Waals surface area contributed by atoms with Crippen LogP contribution >= 0.6 is 40.9 Å². The molecule has 0 saturated heterocycles. The van der Waals surface area contributed by atoms with E-state index in [4.69, 9.17) is 53.9 Å². The molecule has 0 aromatic heterocycles. The standard InChI is InChI=1S/C5H12O4.Cl2H2O5P2/c6-1-5(2-7,3-8)4-9;1-5-9(6-2)7-8(3)4/h6-9H,1-4H2;3-4H. The van der Waals surface area contributed by atoms with Gasteiger partial charge in [0.25, 0.3) is 0 Å². The van der Waals surface area contributed by atoms with E-state index in [0.717, 1.165) is 0 Å². The second-order valence-corrected chi connectivity index (χ2v) is 5.54. The monoisotopic (exact) mass is 350 g/mol. The lowest BCUT2D eigenvalue weighted by atomic mass is 9.93. The molecule has 13 heteroatoms. The van der Waals surface area contributed by atoms with Crippen molar-refractivity contribution in [2.24, 2.45) is 5.41 Å². The van der Waals surface area contributed by atoms with Gasteiger partial charge in [-0.05, 0) is 0 Å². The average molecular weight is 351 g/mol. The zero-order valence-electron chi connectivity index (χ0n) is 8.89. The normalized spacial score (nSPS) is 11.7. The largest absolute Gasteiger partial charge is 0.396 e. The summed E-state index contributed by atoms with van der Waals surface area (Å²) in [7, 11) is -4.58. The summed E-state index contributed by atoms with van der Waals surface area (Å²) in [5.74, 6) is 0. The molecule has 0 rings (SSSR count). The molecule has 0 heterocycles. The molecule has 0 atom stereocenters. The van der Waals surface area contributed by atoms with E-state index >= 15 is 0 Å². The van der Waals surface area contributed by atoms with Gasteiger partial charge in [0.1, 0.15) is 0 Å². The fourth-order valence-corrected chi connectivity index (χ4v) is 1.80. The maximum absolute atomic E-state index is 8.50. The highest BCUT2D eigenvalue weighted by molar-refractivity contribution is 7.55. The minimum absolute atomic E-state index is 0.406. The van der Waals surface area contributed by atoms with Crippen LogP contribution in [0.25, 0.3) is 0 Å². The summed E-state index contributed by atoms with van der Waals surface area (Å²) in [6.07, 6.45) is 0. The zero-order chi connectivity index (χ0) is 14.6. The Bertz CT molecular complexity index is 163. The van der Waals surface area contributed by atoms with Crippen molar-refractivity contribution in [3.8, 4) is 0 Å². The molecular weight excluding hydrogens is 337 g/mol. The summed E-state index contributed by atoms with van der Waals surface area (Å²) in [4.78, 5) is 16.2. The van der Waals surface area contributed by atoms with Gasteiger partial charge < -0.3 is 30.2 Å². The van der Waals surface area contributed by atoms with Crippen LogP contribution in [-0.2, 0) is 12.5 Å². The van der Waals surface area contributed by atoms with Gasteiger partial charge in [-0.25, -0.2) is 4.31 Å². The first-order chi connectivity index (χ1) is 8.44. The fourth-order valence-electron chi connectivity index (χ4n) is 0.395. The Kier molecular flexibility index (Phi) is 15.5. The summed E-state index contributed by atoms with van der Waals surface area (Å²) >= 11 is 9.39. The molecule has 0 radical (unpaired) electrons. The van der Waals surface area contributed by atoms with Gasteiger partial charge in [0.15, 0.2) is 0 Å². The molecule has 0 aliphatic heterocycles. The van der Waals surface area contributed by atoms with Gasteiger partial charge in [-0.1, -0.05) is 0 Å². The van der Waals surface area contributed by atoms with Gasteiger partial charge >= 0.3 is 17.2 Å². The second kappa shape index (κ2) is 13.1. The molecule has 0 unspecified atom stereocenters. The van der Waals surface area contributed by atoms with Crippen LogP contribution in [0.2, 0.25) is 0 Å². The Morgan fingerprint density at radius 3 is 1.22 bits per heavy atom. The highest BCUT2D eigenvalue weighted by atomic mass is 35.5. The van der Waals surface area contributed by atoms with Crippen molar-refractivity contribution >= 4 is 40.9 Å². The smallest absolute Gasteiger partial charge is 0.375 e. The minimum atomic E-state index is -2.54. The molecular formula is C5H14Cl2O9P2. The van der Waals surface area contributed by atoms with Crippen molar-refractivity contribution in [3.63, 3.8) is 0 Å². The molecule has 0 amide bonds. The quantitative estimate of drug-likeness (QED) is 0.325. The van der Waals surface area contributed by atoms with Crippen LogP contribution in [0.5, 0.6) is 0 Å². The maximum Gasteiger partial charge on any atom is 0.375 e. The molecule has 0 spiro atoms. The van der Waals surface area contributed by atoms with Crippen LogP contribution in [0.15, 0.2) is 0 Å². The fraction of sp³-hybridized carbons (Fsp3) is 1.00. The van der Waals surface area contributed by atoms with E-state index in [1.54, 1.807) is 0 Å². The van der Waals surface area contributed by atoms with Gasteiger partial charge in [-0.2, -0.15) is 8.15 Å². The molecule has 0 aliphatic rings. The molecule has 0 saturated carbocycles. The predicted octanol–water partition coefficient (Wildman–Crippen LogP) is -0.276. The Morgan fingerprint density at radius 2 is 1.17 bits per heavy atom. The topological polar surface area (TPSA) is 149 Å². The van der Waals surface area contributed by atoms with Gasteiger partial charge in [0.05, 0.1) is 55.6 Å². The van der Waals surface area contributed by atoms with Crippen molar-refractivity contribution in [3.05, 3.63) is 0 Å². The van der Waals surface area contributed by atoms with E-state index in [-0.39, 0.29) is 0 Å². The van der Waals surface area contributed by atoms with Crippen molar-refractivity contribution in [1.82, 2.24) is 0 Å². The van der Waals surface area contributed by atoms with E-state index < -0.39 is 49.0 Å². The lowest BCUT2D eigenvalue weighted by Crippen LogP contribution is -2.37. The lowest BCUT2D eigenvalue weighted by Gasteiger charge is -2.23. The van der Waals surface area contributed by atoms with Crippen LogP contribution in [0.4, 0.5) is 0 Å². The van der Waals surface area contributed by atoms with Crippen molar-refractivity contribution in [1.29, 1.82) is 0 Å². The van der Waals surface area contributed by atoms with Crippen LogP contribution in [0.3, 0.4) is 0 Å². The molecule has 18 heavy (non-hydrogen) atoms.